The monoisotopic (exact) mass is 259 g/mol. The van der Waals surface area contributed by atoms with E-state index in [2.05, 4.69) is 15.8 Å². The molecule has 0 unspecified atom stereocenters. The van der Waals surface area contributed by atoms with E-state index in [1.807, 2.05) is 20.2 Å². The van der Waals surface area contributed by atoms with Gasteiger partial charge in [-0.25, -0.2) is 0 Å². The molecule has 0 aliphatic heterocycles. The molecule has 0 aliphatic carbocycles. The summed E-state index contributed by atoms with van der Waals surface area (Å²) in [6.45, 7) is 2.36. The summed E-state index contributed by atoms with van der Waals surface area (Å²) < 4.78 is 1.70. The van der Waals surface area contributed by atoms with Crippen LogP contribution in [0.5, 0.6) is 0 Å². The Kier molecular flexibility index (Phi) is 3.82. The number of hydrogen-bond acceptors (Lipinski definition) is 4. The summed E-state index contributed by atoms with van der Waals surface area (Å²) >= 11 is 0. The lowest BCUT2D eigenvalue weighted by Gasteiger charge is -2.08. The smallest absolute Gasteiger partial charge is 0.251 e. The zero-order valence-electron chi connectivity index (χ0n) is 11.0. The molecule has 1 aromatic heterocycles. The Morgan fingerprint density at radius 2 is 2.26 bits per heavy atom. The third kappa shape index (κ3) is 3.11. The predicted molar refractivity (Wildman–Crippen MR) is 73.4 cm³/mol. The van der Waals surface area contributed by atoms with Gasteiger partial charge >= 0.3 is 0 Å². The third-order valence-corrected chi connectivity index (χ3v) is 2.86. The van der Waals surface area contributed by atoms with E-state index >= 15 is 0 Å². The number of nitrogens with zero attached hydrogens (tertiary/aromatic N) is 2. The largest absolute Gasteiger partial charge is 0.348 e. The Morgan fingerprint density at radius 3 is 2.84 bits per heavy atom. The number of hydrazine groups is 1. The lowest BCUT2D eigenvalue weighted by Crippen LogP contribution is -2.22. The number of aryl methyl sites for hydroxylation is 2. The lowest BCUT2D eigenvalue weighted by atomic mass is 10.1. The maximum atomic E-state index is 12.0. The van der Waals surface area contributed by atoms with Crippen LogP contribution >= 0.6 is 0 Å². The number of benzene rings is 1. The maximum absolute atomic E-state index is 12.0. The van der Waals surface area contributed by atoms with Crippen molar-refractivity contribution in [2.24, 2.45) is 12.9 Å². The molecule has 1 amide bonds. The van der Waals surface area contributed by atoms with Gasteiger partial charge in [0, 0.05) is 30.9 Å². The van der Waals surface area contributed by atoms with E-state index in [1.54, 1.807) is 29.1 Å². The first-order valence-electron chi connectivity index (χ1n) is 5.93. The van der Waals surface area contributed by atoms with Crippen LogP contribution in [0.3, 0.4) is 0 Å². The number of aromatic nitrogens is 2. The van der Waals surface area contributed by atoms with Gasteiger partial charge in [0.1, 0.15) is 0 Å². The standard InChI is InChI=1S/C13H17N5O/c1-9-5-11(3-4-12(9)17-14)13(19)15-6-10-7-16-18(2)8-10/h3-5,7-8,17H,6,14H2,1-2H3,(H,15,19). The van der Waals surface area contributed by atoms with Crippen molar-refractivity contribution >= 4 is 11.6 Å². The van der Waals surface area contributed by atoms with Gasteiger partial charge in [-0.3, -0.25) is 15.3 Å². The number of carbonyl (C=O) groups is 1. The molecule has 0 saturated heterocycles. The minimum Gasteiger partial charge on any atom is -0.348 e. The van der Waals surface area contributed by atoms with Crippen LogP contribution in [-0.2, 0) is 13.6 Å². The fourth-order valence-electron chi connectivity index (χ4n) is 1.81. The number of rotatable bonds is 4. The number of amides is 1. The molecule has 1 aromatic carbocycles. The van der Waals surface area contributed by atoms with Crippen LogP contribution in [0.15, 0.2) is 30.6 Å². The summed E-state index contributed by atoms with van der Waals surface area (Å²) in [6.07, 6.45) is 3.60. The normalized spacial score (nSPS) is 10.3. The van der Waals surface area contributed by atoms with Crippen molar-refractivity contribution in [1.82, 2.24) is 15.1 Å². The quantitative estimate of drug-likeness (QED) is 0.563. The molecule has 19 heavy (non-hydrogen) atoms. The fraction of sp³-hybridized carbons (Fsp3) is 0.231. The molecular weight excluding hydrogens is 242 g/mol. The Bertz CT molecular complexity index is 590. The molecule has 0 spiro atoms. The Labute approximate surface area is 111 Å². The van der Waals surface area contributed by atoms with Gasteiger partial charge in [-0.1, -0.05) is 0 Å². The van der Waals surface area contributed by atoms with E-state index in [0.29, 0.717) is 12.1 Å². The van der Waals surface area contributed by atoms with Gasteiger partial charge in [0.25, 0.3) is 5.91 Å². The van der Waals surface area contributed by atoms with E-state index < -0.39 is 0 Å². The van der Waals surface area contributed by atoms with Gasteiger partial charge in [0.15, 0.2) is 0 Å². The molecule has 1 heterocycles. The summed E-state index contributed by atoms with van der Waals surface area (Å²) in [7, 11) is 1.84. The topological polar surface area (TPSA) is 85.0 Å². The van der Waals surface area contributed by atoms with E-state index in [0.717, 1.165) is 16.8 Å². The summed E-state index contributed by atoms with van der Waals surface area (Å²) in [4.78, 5) is 12.0. The second kappa shape index (κ2) is 5.53. The first-order valence-corrected chi connectivity index (χ1v) is 5.93. The molecule has 100 valence electrons. The van der Waals surface area contributed by atoms with Crippen LogP contribution < -0.4 is 16.6 Å². The number of nitrogen functional groups attached to an aromatic ring is 1. The second-order valence-corrected chi connectivity index (χ2v) is 4.38. The van der Waals surface area contributed by atoms with Gasteiger partial charge in [-0.2, -0.15) is 5.10 Å². The number of nitrogens with one attached hydrogen (secondary N) is 2. The van der Waals surface area contributed by atoms with Crippen LogP contribution in [0.4, 0.5) is 5.69 Å². The molecule has 4 N–H and O–H groups in total. The Balaban J connectivity index is 2.01. The highest BCUT2D eigenvalue weighted by molar-refractivity contribution is 5.94. The van der Waals surface area contributed by atoms with Crippen molar-refractivity contribution in [2.45, 2.75) is 13.5 Å². The van der Waals surface area contributed by atoms with Crippen molar-refractivity contribution in [3.63, 3.8) is 0 Å². The molecule has 2 aromatic rings. The van der Waals surface area contributed by atoms with Gasteiger partial charge in [-0.15, -0.1) is 0 Å². The summed E-state index contributed by atoms with van der Waals surface area (Å²) in [5, 5.41) is 6.90. The molecule has 0 atom stereocenters. The zero-order valence-corrected chi connectivity index (χ0v) is 11.0. The van der Waals surface area contributed by atoms with E-state index in [9.17, 15) is 4.79 Å². The molecule has 0 bridgehead atoms. The van der Waals surface area contributed by atoms with Crippen molar-refractivity contribution in [2.75, 3.05) is 5.43 Å². The minimum absolute atomic E-state index is 0.115. The zero-order chi connectivity index (χ0) is 13.8. The van der Waals surface area contributed by atoms with Crippen LogP contribution in [0.1, 0.15) is 21.5 Å². The predicted octanol–water partition coefficient (Wildman–Crippen LogP) is 0.944. The van der Waals surface area contributed by atoms with Crippen LogP contribution in [0.2, 0.25) is 0 Å². The van der Waals surface area contributed by atoms with Gasteiger partial charge in [0.05, 0.1) is 11.9 Å². The van der Waals surface area contributed by atoms with Crippen LogP contribution in [-0.4, -0.2) is 15.7 Å². The van der Waals surface area contributed by atoms with Crippen LogP contribution in [0.25, 0.3) is 0 Å². The van der Waals surface area contributed by atoms with Crippen molar-refractivity contribution < 1.29 is 4.79 Å². The number of nitrogens with two attached hydrogens (primary N) is 1. The second-order valence-electron chi connectivity index (χ2n) is 4.38. The summed E-state index contributed by atoms with van der Waals surface area (Å²) in [5.41, 5.74) is 5.89. The highest BCUT2D eigenvalue weighted by atomic mass is 16.1. The number of anilines is 1. The Hall–Kier alpha value is -2.34. The summed E-state index contributed by atoms with van der Waals surface area (Å²) in [6, 6.07) is 5.32. The van der Waals surface area contributed by atoms with Gasteiger partial charge < -0.3 is 10.7 Å². The molecular formula is C13H17N5O. The van der Waals surface area contributed by atoms with E-state index in [4.69, 9.17) is 5.84 Å². The fourth-order valence-corrected chi connectivity index (χ4v) is 1.81. The van der Waals surface area contributed by atoms with E-state index in [1.165, 1.54) is 0 Å². The molecule has 6 nitrogen and oxygen atoms in total. The number of hydrogen-bond donors (Lipinski definition) is 3. The van der Waals surface area contributed by atoms with Crippen molar-refractivity contribution in [3.8, 4) is 0 Å². The number of carbonyl (C=O) groups excluding carboxylic acids is 1. The SMILES string of the molecule is Cc1cc(C(=O)NCc2cnn(C)c2)ccc1NN. The molecule has 2 rings (SSSR count). The molecule has 0 fully saturated rings. The first kappa shape index (κ1) is 13.1. The van der Waals surface area contributed by atoms with Crippen molar-refractivity contribution in [1.29, 1.82) is 0 Å². The third-order valence-electron chi connectivity index (χ3n) is 2.86. The van der Waals surface area contributed by atoms with Crippen LogP contribution in [0, 0.1) is 6.92 Å². The first-order chi connectivity index (χ1) is 9.10. The molecule has 0 saturated carbocycles. The van der Waals surface area contributed by atoms with Crippen molar-refractivity contribution in [3.05, 3.63) is 47.3 Å². The van der Waals surface area contributed by atoms with E-state index in [-0.39, 0.29) is 5.91 Å². The van der Waals surface area contributed by atoms with Gasteiger partial charge in [-0.05, 0) is 30.7 Å². The lowest BCUT2D eigenvalue weighted by molar-refractivity contribution is 0.0951. The average molecular weight is 259 g/mol. The molecule has 6 heteroatoms. The Morgan fingerprint density at radius 1 is 1.47 bits per heavy atom. The summed E-state index contributed by atoms with van der Waals surface area (Å²) in [5.74, 6) is 5.24. The average Bonchev–Trinajstić information content (AvgIpc) is 2.81. The molecule has 0 aliphatic rings. The molecule has 0 radical (unpaired) electrons. The minimum atomic E-state index is -0.115. The maximum Gasteiger partial charge on any atom is 0.251 e. The highest BCUT2D eigenvalue weighted by Crippen LogP contribution is 2.15. The highest BCUT2D eigenvalue weighted by Gasteiger charge is 2.07. The van der Waals surface area contributed by atoms with Gasteiger partial charge in [0.2, 0.25) is 0 Å².